The Bertz CT molecular complexity index is 464. The van der Waals surface area contributed by atoms with Gasteiger partial charge in [0.2, 0.25) is 5.91 Å². The average Bonchev–Trinajstić information content (AvgIpc) is 2.88. The van der Waals surface area contributed by atoms with E-state index in [2.05, 4.69) is 18.5 Å². The molecule has 1 aromatic rings. The van der Waals surface area contributed by atoms with Crippen LogP contribution in [-0.2, 0) is 4.79 Å². The van der Waals surface area contributed by atoms with E-state index in [0.717, 1.165) is 23.5 Å². The number of nitrogens with zero attached hydrogens (tertiary/aromatic N) is 1. The standard InChI is InChI=1S/C16H24N2O2S/c1-4-20-14-7-5-13(6-8-14)16-17-11-15(19)18(16)12(2)9-10-21-3/h5-8,12,16-17H,4,9-11H2,1-3H3. The number of rotatable bonds is 7. The summed E-state index contributed by atoms with van der Waals surface area (Å²) in [5, 5.41) is 3.31. The molecule has 1 amide bonds. The Morgan fingerprint density at radius 1 is 1.43 bits per heavy atom. The highest BCUT2D eigenvalue weighted by molar-refractivity contribution is 7.98. The Balaban J connectivity index is 2.11. The van der Waals surface area contributed by atoms with Crippen molar-refractivity contribution < 1.29 is 9.53 Å². The number of carbonyl (C=O) groups excluding carboxylic acids is 1. The van der Waals surface area contributed by atoms with Gasteiger partial charge < -0.3 is 9.64 Å². The number of hydrogen-bond acceptors (Lipinski definition) is 4. The van der Waals surface area contributed by atoms with Crippen LogP contribution in [0.15, 0.2) is 24.3 Å². The van der Waals surface area contributed by atoms with Gasteiger partial charge in [0.1, 0.15) is 11.9 Å². The number of amides is 1. The summed E-state index contributed by atoms with van der Waals surface area (Å²) in [5.74, 6) is 2.12. The first-order chi connectivity index (χ1) is 10.2. The fourth-order valence-corrected chi connectivity index (χ4v) is 3.21. The minimum absolute atomic E-state index is 0.0231. The van der Waals surface area contributed by atoms with Crippen LogP contribution in [0.2, 0.25) is 0 Å². The second-order valence-electron chi connectivity index (χ2n) is 5.22. The molecule has 116 valence electrons. The summed E-state index contributed by atoms with van der Waals surface area (Å²) in [6.07, 6.45) is 3.09. The predicted octanol–water partition coefficient (Wildman–Crippen LogP) is 2.66. The highest BCUT2D eigenvalue weighted by atomic mass is 32.2. The number of thioether (sulfide) groups is 1. The van der Waals surface area contributed by atoms with Gasteiger partial charge in [0.05, 0.1) is 13.2 Å². The molecule has 0 saturated carbocycles. The average molecular weight is 308 g/mol. The molecule has 1 heterocycles. The molecule has 1 aliphatic rings. The van der Waals surface area contributed by atoms with E-state index in [9.17, 15) is 4.79 Å². The van der Waals surface area contributed by atoms with Crippen molar-refractivity contribution in [2.75, 3.05) is 25.2 Å². The molecule has 1 saturated heterocycles. The maximum absolute atomic E-state index is 12.2. The summed E-state index contributed by atoms with van der Waals surface area (Å²) in [4.78, 5) is 14.1. The topological polar surface area (TPSA) is 41.6 Å². The normalized spacial score (nSPS) is 19.9. The largest absolute Gasteiger partial charge is 0.494 e. The Kier molecular flexibility index (Phi) is 5.94. The van der Waals surface area contributed by atoms with Gasteiger partial charge in [-0.1, -0.05) is 12.1 Å². The van der Waals surface area contributed by atoms with Crippen LogP contribution in [0, 0.1) is 0 Å². The van der Waals surface area contributed by atoms with E-state index in [1.165, 1.54) is 0 Å². The van der Waals surface area contributed by atoms with Crippen molar-refractivity contribution in [1.82, 2.24) is 10.2 Å². The first kappa shape index (κ1) is 16.2. The van der Waals surface area contributed by atoms with Gasteiger partial charge in [0.25, 0.3) is 0 Å². The summed E-state index contributed by atoms with van der Waals surface area (Å²) in [6.45, 7) is 5.18. The zero-order chi connectivity index (χ0) is 15.2. The molecule has 5 heteroatoms. The lowest BCUT2D eigenvalue weighted by molar-refractivity contribution is -0.130. The lowest BCUT2D eigenvalue weighted by Crippen LogP contribution is -2.38. The quantitative estimate of drug-likeness (QED) is 0.841. The third kappa shape index (κ3) is 3.92. The third-order valence-corrected chi connectivity index (χ3v) is 4.38. The molecule has 21 heavy (non-hydrogen) atoms. The molecule has 1 aliphatic heterocycles. The zero-order valence-electron chi connectivity index (χ0n) is 13.0. The fourth-order valence-electron chi connectivity index (χ4n) is 2.64. The van der Waals surface area contributed by atoms with Crippen LogP contribution < -0.4 is 10.1 Å². The molecule has 1 fully saturated rings. The maximum atomic E-state index is 12.2. The van der Waals surface area contributed by atoms with Crippen molar-refractivity contribution in [1.29, 1.82) is 0 Å². The van der Waals surface area contributed by atoms with Crippen molar-refractivity contribution in [3.8, 4) is 5.75 Å². The van der Waals surface area contributed by atoms with Crippen LogP contribution in [0.4, 0.5) is 0 Å². The molecular weight excluding hydrogens is 284 g/mol. The van der Waals surface area contributed by atoms with Gasteiger partial charge in [-0.2, -0.15) is 11.8 Å². The van der Waals surface area contributed by atoms with Crippen molar-refractivity contribution in [3.63, 3.8) is 0 Å². The van der Waals surface area contributed by atoms with E-state index >= 15 is 0 Å². The highest BCUT2D eigenvalue weighted by Crippen LogP contribution is 2.27. The van der Waals surface area contributed by atoms with Crippen molar-refractivity contribution in [3.05, 3.63) is 29.8 Å². The summed E-state index contributed by atoms with van der Waals surface area (Å²) >= 11 is 1.82. The maximum Gasteiger partial charge on any atom is 0.238 e. The van der Waals surface area contributed by atoms with Gasteiger partial charge in [-0.05, 0) is 50.0 Å². The molecule has 1 N–H and O–H groups in total. The highest BCUT2D eigenvalue weighted by Gasteiger charge is 2.34. The van der Waals surface area contributed by atoms with Gasteiger partial charge in [-0.25, -0.2) is 0 Å². The molecule has 2 rings (SSSR count). The monoisotopic (exact) mass is 308 g/mol. The molecule has 0 bridgehead atoms. The number of ether oxygens (including phenoxy) is 1. The Hall–Kier alpha value is -1.20. The van der Waals surface area contributed by atoms with Crippen LogP contribution in [0.25, 0.3) is 0 Å². The van der Waals surface area contributed by atoms with Gasteiger partial charge in [0, 0.05) is 6.04 Å². The Morgan fingerprint density at radius 2 is 2.14 bits per heavy atom. The Labute approximate surface area is 131 Å². The number of hydrogen-bond donors (Lipinski definition) is 1. The summed E-state index contributed by atoms with van der Waals surface area (Å²) in [5.41, 5.74) is 1.11. The van der Waals surface area contributed by atoms with Gasteiger partial charge in [-0.15, -0.1) is 0 Å². The summed E-state index contributed by atoms with van der Waals surface area (Å²) in [7, 11) is 0. The van der Waals surface area contributed by atoms with Gasteiger partial charge >= 0.3 is 0 Å². The molecular formula is C16H24N2O2S. The minimum atomic E-state index is -0.0231. The molecule has 0 radical (unpaired) electrons. The summed E-state index contributed by atoms with van der Waals surface area (Å²) in [6, 6.07) is 8.25. The van der Waals surface area contributed by atoms with E-state index in [4.69, 9.17) is 4.74 Å². The summed E-state index contributed by atoms with van der Waals surface area (Å²) < 4.78 is 5.47. The van der Waals surface area contributed by atoms with E-state index < -0.39 is 0 Å². The van der Waals surface area contributed by atoms with Crippen LogP contribution in [0.1, 0.15) is 32.0 Å². The lowest BCUT2D eigenvalue weighted by Gasteiger charge is -2.30. The van der Waals surface area contributed by atoms with Crippen molar-refractivity contribution in [2.45, 2.75) is 32.5 Å². The van der Waals surface area contributed by atoms with Crippen molar-refractivity contribution >= 4 is 17.7 Å². The third-order valence-electron chi connectivity index (χ3n) is 3.73. The molecule has 0 aliphatic carbocycles. The van der Waals surface area contributed by atoms with Crippen molar-refractivity contribution in [2.24, 2.45) is 0 Å². The number of carbonyl (C=O) groups is 1. The smallest absolute Gasteiger partial charge is 0.238 e. The van der Waals surface area contributed by atoms with Gasteiger partial charge in [0.15, 0.2) is 0 Å². The molecule has 0 aromatic heterocycles. The van der Waals surface area contributed by atoms with E-state index in [-0.39, 0.29) is 18.1 Å². The van der Waals surface area contributed by atoms with E-state index in [1.807, 2.05) is 47.9 Å². The number of nitrogens with one attached hydrogen (secondary N) is 1. The predicted molar refractivity (Wildman–Crippen MR) is 87.7 cm³/mol. The zero-order valence-corrected chi connectivity index (χ0v) is 13.8. The van der Waals surface area contributed by atoms with Crippen LogP contribution >= 0.6 is 11.8 Å². The minimum Gasteiger partial charge on any atom is -0.494 e. The van der Waals surface area contributed by atoms with E-state index in [1.54, 1.807) is 0 Å². The van der Waals surface area contributed by atoms with Crippen LogP contribution in [0.3, 0.4) is 0 Å². The molecule has 0 spiro atoms. The molecule has 2 unspecified atom stereocenters. The Morgan fingerprint density at radius 3 is 2.76 bits per heavy atom. The second-order valence-corrected chi connectivity index (χ2v) is 6.20. The first-order valence-corrected chi connectivity index (χ1v) is 8.83. The van der Waals surface area contributed by atoms with E-state index in [0.29, 0.717) is 13.2 Å². The first-order valence-electron chi connectivity index (χ1n) is 7.43. The SMILES string of the molecule is CCOc1ccc(C2NCC(=O)N2C(C)CCSC)cc1. The second kappa shape index (κ2) is 7.71. The molecule has 4 nitrogen and oxygen atoms in total. The molecule has 2 atom stereocenters. The lowest BCUT2D eigenvalue weighted by atomic mass is 10.1. The van der Waals surface area contributed by atoms with Crippen LogP contribution in [0.5, 0.6) is 5.75 Å². The van der Waals surface area contributed by atoms with Crippen LogP contribution in [-0.4, -0.2) is 42.0 Å². The number of benzene rings is 1. The fraction of sp³-hybridized carbons (Fsp3) is 0.562. The van der Waals surface area contributed by atoms with Gasteiger partial charge in [-0.3, -0.25) is 10.1 Å². The molecule has 1 aromatic carbocycles.